The molecule has 0 unspecified atom stereocenters. The summed E-state index contributed by atoms with van der Waals surface area (Å²) in [6.45, 7) is 4.46. The van der Waals surface area contributed by atoms with E-state index in [0.717, 1.165) is 38.5 Å². The van der Waals surface area contributed by atoms with Crippen LogP contribution in [0.4, 0.5) is 5.69 Å². The molecule has 0 saturated heterocycles. The number of hydrogen-bond acceptors (Lipinski definition) is 7. The molecule has 0 saturated carbocycles. The third kappa shape index (κ3) is 3.62. The van der Waals surface area contributed by atoms with Gasteiger partial charge in [-0.3, -0.25) is 9.59 Å². The number of para-hydroxylation sites is 1. The number of thioether (sulfide) groups is 1. The smallest absolute Gasteiger partial charge is 0.316 e. The van der Waals surface area contributed by atoms with Crippen LogP contribution < -0.4 is 4.90 Å². The molecule has 28 heavy (non-hydrogen) atoms. The molecule has 1 aromatic carbocycles. The second-order valence-corrected chi connectivity index (χ2v) is 8.68. The van der Waals surface area contributed by atoms with Crippen molar-refractivity contribution in [3.05, 3.63) is 46.6 Å². The molecule has 0 N–H and O–H groups in total. The van der Waals surface area contributed by atoms with E-state index in [9.17, 15) is 9.59 Å². The van der Waals surface area contributed by atoms with Crippen LogP contribution >= 0.6 is 23.1 Å². The summed E-state index contributed by atoms with van der Waals surface area (Å²) < 4.78 is 5.21. The van der Waals surface area contributed by atoms with Crippen molar-refractivity contribution in [2.45, 2.75) is 25.3 Å². The number of amides is 1. The molecule has 1 amide bonds. The fourth-order valence-corrected chi connectivity index (χ4v) is 5.16. The Bertz CT molecular complexity index is 1060. The second kappa shape index (κ2) is 7.89. The van der Waals surface area contributed by atoms with E-state index in [0.29, 0.717) is 6.54 Å². The Morgan fingerprint density at radius 3 is 2.93 bits per heavy atom. The minimum atomic E-state index is -0.429. The van der Waals surface area contributed by atoms with Gasteiger partial charge in [0.1, 0.15) is 16.2 Å². The Balaban J connectivity index is 1.34. The third-order valence-corrected chi connectivity index (χ3v) is 6.88. The van der Waals surface area contributed by atoms with E-state index in [1.807, 2.05) is 38.1 Å². The van der Waals surface area contributed by atoms with Crippen LogP contribution in [0.1, 0.15) is 16.0 Å². The first-order valence-corrected chi connectivity index (χ1v) is 10.7. The van der Waals surface area contributed by atoms with Gasteiger partial charge >= 0.3 is 5.97 Å². The lowest BCUT2D eigenvalue weighted by Crippen LogP contribution is -2.33. The minimum Gasteiger partial charge on any atom is -0.455 e. The fraction of sp³-hybridized carbons (Fsp3) is 0.300. The van der Waals surface area contributed by atoms with Crippen molar-refractivity contribution in [3.63, 3.8) is 0 Å². The van der Waals surface area contributed by atoms with Gasteiger partial charge in [-0.15, -0.1) is 11.3 Å². The van der Waals surface area contributed by atoms with Crippen LogP contribution in [0, 0.1) is 13.8 Å². The van der Waals surface area contributed by atoms with Crippen LogP contribution in [0.3, 0.4) is 0 Å². The number of benzene rings is 1. The molecule has 6 nitrogen and oxygen atoms in total. The van der Waals surface area contributed by atoms with E-state index in [-0.39, 0.29) is 18.3 Å². The number of ether oxygens (including phenoxy) is 1. The SMILES string of the molecule is Cc1sc2ncnc(SCC(=O)OCC(=O)N3CCc4ccccc43)c2c1C. The molecule has 0 aliphatic carbocycles. The molecule has 144 valence electrons. The number of rotatable bonds is 5. The number of carbonyl (C=O) groups is 2. The van der Waals surface area contributed by atoms with Crippen molar-refractivity contribution in [2.75, 3.05) is 23.8 Å². The first-order chi connectivity index (χ1) is 13.5. The molecule has 0 atom stereocenters. The number of esters is 1. The van der Waals surface area contributed by atoms with Gasteiger partial charge in [0.05, 0.1) is 5.75 Å². The number of nitrogens with zero attached hydrogens (tertiary/aromatic N) is 3. The van der Waals surface area contributed by atoms with Crippen LogP contribution in [0.5, 0.6) is 0 Å². The molecule has 8 heteroatoms. The molecule has 2 aromatic heterocycles. The summed E-state index contributed by atoms with van der Waals surface area (Å²) in [5.74, 6) is -0.524. The zero-order valence-corrected chi connectivity index (χ0v) is 17.2. The maximum absolute atomic E-state index is 12.4. The number of carbonyl (C=O) groups excluding carboxylic acids is 2. The van der Waals surface area contributed by atoms with Crippen LogP contribution in [-0.2, 0) is 20.7 Å². The Morgan fingerprint density at radius 1 is 1.25 bits per heavy atom. The average Bonchev–Trinajstić information content (AvgIpc) is 3.26. The van der Waals surface area contributed by atoms with Gasteiger partial charge in [0.25, 0.3) is 5.91 Å². The van der Waals surface area contributed by atoms with Crippen molar-refractivity contribution >= 4 is 50.9 Å². The summed E-state index contributed by atoms with van der Waals surface area (Å²) >= 11 is 2.93. The summed E-state index contributed by atoms with van der Waals surface area (Å²) in [6.07, 6.45) is 2.34. The number of anilines is 1. The Kier molecular flexibility index (Phi) is 5.32. The highest BCUT2D eigenvalue weighted by molar-refractivity contribution is 8.00. The summed E-state index contributed by atoms with van der Waals surface area (Å²) in [4.78, 5) is 37.0. The number of hydrogen-bond donors (Lipinski definition) is 0. The quantitative estimate of drug-likeness (QED) is 0.362. The van der Waals surface area contributed by atoms with Crippen molar-refractivity contribution < 1.29 is 14.3 Å². The minimum absolute atomic E-state index is 0.102. The zero-order chi connectivity index (χ0) is 19.7. The summed E-state index contributed by atoms with van der Waals surface area (Å²) in [6, 6.07) is 7.81. The lowest BCUT2D eigenvalue weighted by molar-refractivity contribution is -0.145. The van der Waals surface area contributed by atoms with Crippen LogP contribution in [0.2, 0.25) is 0 Å². The summed E-state index contributed by atoms with van der Waals surface area (Å²) in [5.41, 5.74) is 3.19. The first-order valence-electron chi connectivity index (χ1n) is 8.92. The Morgan fingerprint density at radius 2 is 2.07 bits per heavy atom. The van der Waals surface area contributed by atoms with Crippen molar-refractivity contribution in [2.24, 2.45) is 0 Å². The highest BCUT2D eigenvalue weighted by Crippen LogP contribution is 2.34. The molecule has 0 fully saturated rings. The lowest BCUT2D eigenvalue weighted by Gasteiger charge is -2.17. The molecule has 1 aliphatic heterocycles. The van der Waals surface area contributed by atoms with Gasteiger partial charge in [0, 0.05) is 22.5 Å². The maximum Gasteiger partial charge on any atom is 0.316 e. The van der Waals surface area contributed by atoms with Gasteiger partial charge in [-0.05, 0) is 37.5 Å². The van der Waals surface area contributed by atoms with Crippen molar-refractivity contribution in [1.29, 1.82) is 0 Å². The lowest BCUT2D eigenvalue weighted by atomic mass is 10.2. The van der Waals surface area contributed by atoms with Gasteiger partial charge in [-0.2, -0.15) is 0 Å². The van der Waals surface area contributed by atoms with Crippen LogP contribution in [0.25, 0.3) is 10.2 Å². The summed E-state index contributed by atoms with van der Waals surface area (Å²) in [7, 11) is 0. The highest BCUT2D eigenvalue weighted by atomic mass is 32.2. The molecule has 1 aliphatic rings. The molecule has 4 rings (SSSR count). The Labute approximate surface area is 170 Å². The molecule has 0 spiro atoms. The average molecular weight is 414 g/mol. The predicted octanol–water partition coefficient (Wildman–Crippen LogP) is 3.53. The normalized spacial score (nSPS) is 13.0. The molecule has 3 aromatic rings. The van der Waals surface area contributed by atoms with E-state index in [1.54, 1.807) is 16.2 Å². The molecular formula is C20H19N3O3S2. The van der Waals surface area contributed by atoms with Gasteiger partial charge in [-0.1, -0.05) is 30.0 Å². The number of thiophene rings is 1. The van der Waals surface area contributed by atoms with Crippen LogP contribution in [0.15, 0.2) is 35.6 Å². The Hall–Kier alpha value is -2.45. The largest absolute Gasteiger partial charge is 0.455 e. The van der Waals surface area contributed by atoms with E-state index in [2.05, 4.69) is 9.97 Å². The van der Waals surface area contributed by atoms with Crippen molar-refractivity contribution in [3.8, 4) is 0 Å². The maximum atomic E-state index is 12.4. The highest BCUT2D eigenvalue weighted by Gasteiger charge is 2.25. The third-order valence-electron chi connectivity index (χ3n) is 4.80. The van der Waals surface area contributed by atoms with Gasteiger partial charge in [0.2, 0.25) is 0 Å². The molecule has 0 bridgehead atoms. The first kappa shape index (κ1) is 18.9. The monoisotopic (exact) mass is 413 g/mol. The molecular weight excluding hydrogens is 394 g/mol. The van der Waals surface area contributed by atoms with E-state index < -0.39 is 5.97 Å². The number of aryl methyl sites for hydroxylation is 2. The topological polar surface area (TPSA) is 72.4 Å². The molecule has 0 radical (unpaired) electrons. The van der Waals surface area contributed by atoms with Gasteiger partial charge < -0.3 is 9.64 Å². The van der Waals surface area contributed by atoms with E-state index in [4.69, 9.17) is 4.74 Å². The standard InChI is InChI=1S/C20H19N3O3S2/c1-12-13(2)28-20-18(12)19(21-11-22-20)27-10-17(25)26-9-16(24)23-8-7-14-5-3-4-6-15(14)23/h3-6,11H,7-10H2,1-2H3. The van der Waals surface area contributed by atoms with Gasteiger partial charge in [-0.25, -0.2) is 9.97 Å². The second-order valence-electron chi connectivity index (χ2n) is 6.52. The molecule has 3 heterocycles. The van der Waals surface area contributed by atoms with Crippen molar-refractivity contribution in [1.82, 2.24) is 9.97 Å². The predicted molar refractivity (Wildman–Crippen MR) is 111 cm³/mol. The van der Waals surface area contributed by atoms with E-state index in [1.165, 1.54) is 23.0 Å². The summed E-state index contributed by atoms with van der Waals surface area (Å²) in [5, 5.41) is 1.76. The number of fused-ring (bicyclic) bond motifs is 2. The van der Waals surface area contributed by atoms with E-state index >= 15 is 0 Å². The van der Waals surface area contributed by atoms with Crippen LogP contribution in [-0.4, -0.2) is 40.7 Å². The van der Waals surface area contributed by atoms with Gasteiger partial charge in [0.15, 0.2) is 6.61 Å². The fourth-order valence-electron chi connectivity index (χ4n) is 3.25. The number of aromatic nitrogens is 2. The zero-order valence-electron chi connectivity index (χ0n) is 15.6.